The highest BCUT2D eigenvalue weighted by atomic mass is 16.5. The van der Waals surface area contributed by atoms with Crippen LogP contribution in [0.2, 0.25) is 0 Å². The number of nitrogens with one attached hydrogen (secondary N) is 1. The van der Waals surface area contributed by atoms with Crippen molar-refractivity contribution in [3.8, 4) is 0 Å². The molecule has 0 bridgehead atoms. The van der Waals surface area contributed by atoms with Gasteiger partial charge in [0, 0.05) is 13.2 Å². The van der Waals surface area contributed by atoms with Gasteiger partial charge in [0.1, 0.15) is 0 Å². The van der Waals surface area contributed by atoms with Crippen molar-refractivity contribution in [2.24, 2.45) is 68.1 Å². The van der Waals surface area contributed by atoms with E-state index in [0.29, 0.717) is 33.7 Å². The third kappa shape index (κ3) is 5.80. The van der Waals surface area contributed by atoms with Crippen LogP contribution in [0, 0.1) is 56.7 Å². The molecule has 5 aliphatic rings. The summed E-state index contributed by atoms with van der Waals surface area (Å²) >= 11 is 0. The highest BCUT2D eigenvalue weighted by molar-refractivity contribution is 5.21. The van der Waals surface area contributed by atoms with Crippen LogP contribution in [0.5, 0.6) is 0 Å². The van der Waals surface area contributed by atoms with E-state index in [4.69, 9.17) is 20.9 Å². The van der Waals surface area contributed by atoms with Crippen molar-refractivity contribution in [3.63, 3.8) is 0 Å². The van der Waals surface area contributed by atoms with E-state index in [1.54, 1.807) is 0 Å². The molecule has 0 aromatic heterocycles. The zero-order chi connectivity index (χ0) is 31.8. The average molecular weight is 614 g/mol. The highest BCUT2D eigenvalue weighted by Crippen LogP contribution is 2.77. The molecule has 254 valence electrons. The summed E-state index contributed by atoms with van der Waals surface area (Å²) in [5.41, 5.74) is 14.6. The first-order chi connectivity index (χ1) is 20.9. The predicted octanol–water partition coefficient (Wildman–Crippen LogP) is 7.72. The first-order valence-electron chi connectivity index (χ1n) is 18.9. The molecule has 5 nitrogen and oxygen atoms in total. The lowest BCUT2D eigenvalue weighted by Gasteiger charge is -2.73. The van der Waals surface area contributed by atoms with Gasteiger partial charge >= 0.3 is 0 Å². The molecule has 0 unspecified atom stereocenters. The van der Waals surface area contributed by atoms with Gasteiger partial charge in [-0.3, -0.25) is 0 Å². The summed E-state index contributed by atoms with van der Waals surface area (Å²) < 4.78 is 13.2. The van der Waals surface area contributed by atoms with Gasteiger partial charge in [0.05, 0.1) is 12.7 Å². The SMILES string of the molecule is C=C(C)[C@@H]1CC[C@]2(COCCCNCCCN)CC[C@]3(C)[C@H](CC[C@@H]4[C@@]5(C)CC[C@H](OCCCN)C(C)(C)[C@@H]5CC[C@]43C)[C@@H]12. The molecule has 0 aromatic rings. The van der Waals surface area contributed by atoms with Gasteiger partial charge in [0.2, 0.25) is 0 Å². The summed E-state index contributed by atoms with van der Waals surface area (Å²) in [4.78, 5) is 0. The van der Waals surface area contributed by atoms with E-state index >= 15 is 0 Å². The topological polar surface area (TPSA) is 82.5 Å². The number of nitrogens with two attached hydrogens (primary N) is 2. The molecule has 0 aliphatic heterocycles. The van der Waals surface area contributed by atoms with Crippen molar-refractivity contribution in [1.82, 2.24) is 5.32 Å². The number of ether oxygens (including phenoxy) is 2. The lowest BCUT2D eigenvalue weighted by molar-refractivity contribution is -0.253. The van der Waals surface area contributed by atoms with E-state index < -0.39 is 0 Å². The Morgan fingerprint density at radius 3 is 2.25 bits per heavy atom. The van der Waals surface area contributed by atoms with Gasteiger partial charge in [-0.05, 0) is 173 Å². The van der Waals surface area contributed by atoms with Gasteiger partial charge in [-0.25, -0.2) is 0 Å². The normalized spacial score (nSPS) is 44.4. The molecule has 5 fully saturated rings. The van der Waals surface area contributed by atoms with Gasteiger partial charge in [-0.2, -0.15) is 0 Å². The van der Waals surface area contributed by atoms with Crippen LogP contribution < -0.4 is 16.8 Å². The van der Waals surface area contributed by atoms with Crippen molar-refractivity contribution in [2.45, 2.75) is 131 Å². The first-order valence-corrected chi connectivity index (χ1v) is 18.9. The second kappa shape index (κ2) is 13.6. The van der Waals surface area contributed by atoms with Gasteiger partial charge in [0.15, 0.2) is 0 Å². The lowest BCUT2D eigenvalue weighted by Crippen LogP contribution is -2.67. The summed E-state index contributed by atoms with van der Waals surface area (Å²) in [6.45, 7) is 26.5. The summed E-state index contributed by atoms with van der Waals surface area (Å²) in [5, 5.41) is 3.52. The van der Waals surface area contributed by atoms with Gasteiger partial charge in [-0.1, -0.05) is 46.8 Å². The maximum atomic E-state index is 6.60. The molecule has 0 radical (unpaired) electrons. The molecular weight excluding hydrogens is 542 g/mol. The Hall–Kier alpha value is -0.460. The molecule has 5 aliphatic carbocycles. The Balaban J connectivity index is 1.33. The van der Waals surface area contributed by atoms with E-state index in [-0.39, 0.29) is 5.41 Å². The molecule has 5 rings (SSSR count). The van der Waals surface area contributed by atoms with Crippen LogP contribution in [0.25, 0.3) is 0 Å². The van der Waals surface area contributed by atoms with Crippen LogP contribution in [0.1, 0.15) is 125 Å². The monoisotopic (exact) mass is 614 g/mol. The first kappa shape index (κ1) is 34.9. The molecule has 5 heteroatoms. The zero-order valence-corrected chi connectivity index (χ0v) is 29.8. The molecule has 5 N–H and O–H groups in total. The molecule has 0 saturated heterocycles. The van der Waals surface area contributed by atoms with E-state index in [0.717, 1.165) is 88.9 Å². The predicted molar refractivity (Wildman–Crippen MR) is 184 cm³/mol. The van der Waals surface area contributed by atoms with Crippen molar-refractivity contribution in [2.75, 3.05) is 46.0 Å². The van der Waals surface area contributed by atoms with E-state index in [1.807, 2.05) is 0 Å². The van der Waals surface area contributed by atoms with Crippen molar-refractivity contribution in [3.05, 3.63) is 12.2 Å². The Labute approximate surface area is 271 Å². The third-order valence-corrected chi connectivity index (χ3v) is 15.4. The Kier molecular flexibility index (Phi) is 10.8. The van der Waals surface area contributed by atoms with Crippen LogP contribution in [-0.4, -0.2) is 52.1 Å². The van der Waals surface area contributed by atoms with Crippen LogP contribution >= 0.6 is 0 Å². The van der Waals surface area contributed by atoms with Crippen molar-refractivity contribution < 1.29 is 9.47 Å². The Morgan fingerprint density at radius 2 is 1.52 bits per heavy atom. The second-order valence-corrected chi connectivity index (χ2v) is 17.7. The fourth-order valence-electron chi connectivity index (χ4n) is 13.0. The van der Waals surface area contributed by atoms with Crippen LogP contribution in [0.15, 0.2) is 12.2 Å². The number of allylic oxidation sites excluding steroid dienone is 1. The van der Waals surface area contributed by atoms with E-state index in [9.17, 15) is 0 Å². The number of hydrogen-bond donors (Lipinski definition) is 3. The van der Waals surface area contributed by atoms with E-state index in [1.165, 1.54) is 69.8 Å². The van der Waals surface area contributed by atoms with Gasteiger partial charge < -0.3 is 26.3 Å². The standard InChI is InChI=1S/C39H71N3O2/c1-28(2)29-13-18-39(27-43-25-10-24-42-23-8-21-40)20-19-37(6)30(34(29)39)11-12-32-36(5)16-15-33(44-26-9-22-41)35(3,4)31(36)14-17-38(32,37)7/h29-34,42H,1,8-27,40-41H2,2-7H3/t29-,30+,31-,32+,33-,34+,36-,37+,38+,39+/m0/s1. The number of hydrogen-bond acceptors (Lipinski definition) is 5. The van der Waals surface area contributed by atoms with Crippen molar-refractivity contribution >= 4 is 0 Å². The molecular formula is C39H71N3O2. The molecule has 0 spiro atoms. The highest BCUT2D eigenvalue weighted by Gasteiger charge is 2.70. The van der Waals surface area contributed by atoms with Crippen molar-refractivity contribution in [1.29, 1.82) is 0 Å². The molecule has 10 atom stereocenters. The minimum Gasteiger partial charge on any atom is -0.381 e. The number of rotatable bonds is 14. The van der Waals surface area contributed by atoms with Crippen LogP contribution in [0.3, 0.4) is 0 Å². The smallest absolute Gasteiger partial charge is 0.0629 e. The molecule has 44 heavy (non-hydrogen) atoms. The van der Waals surface area contributed by atoms with Gasteiger partial charge in [0.25, 0.3) is 0 Å². The minimum absolute atomic E-state index is 0.218. The Bertz CT molecular complexity index is 984. The van der Waals surface area contributed by atoms with Crippen LogP contribution in [-0.2, 0) is 9.47 Å². The van der Waals surface area contributed by atoms with Crippen LogP contribution in [0.4, 0.5) is 0 Å². The third-order valence-electron chi connectivity index (χ3n) is 15.4. The number of fused-ring (bicyclic) bond motifs is 7. The summed E-state index contributed by atoms with van der Waals surface area (Å²) in [6.07, 6.45) is 16.9. The molecule has 0 heterocycles. The zero-order valence-electron chi connectivity index (χ0n) is 29.8. The Morgan fingerprint density at radius 1 is 0.773 bits per heavy atom. The summed E-state index contributed by atoms with van der Waals surface area (Å²) in [6, 6.07) is 0. The fraction of sp³-hybridized carbons (Fsp3) is 0.949. The molecule has 5 saturated carbocycles. The minimum atomic E-state index is 0.218. The lowest BCUT2D eigenvalue weighted by atomic mass is 9.32. The molecule has 0 amide bonds. The quantitative estimate of drug-likeness (QED) is 0.138. The second-order valence-electron chi connectivity index (χ2n) is 17.7. The maximum absolute atomic E-state index is 6.60. The summed E-state index contributed by atoms with van der Waals surface area (Å²) in [7, 11) is 0. The summed E-state index contributed by atoms with van der Waals surface area (Å²) in [5.74, 6) is 3.72. The maximum Gasteiger partial charge on any atom is 0.0629 e. The molecule has 0 aromatic carbocycles. The average Bonchev–Trinajstić information content (AvgIpc) is 3.36. The largest absolute Gasteiger partial charge is 0.381 e. The van der Waals surface area contributed by atoms with Gasteiger partial charge in [-0.15, -0.1) is 0 Å². The van der Waals surface area contributed by atoms with E-state index in [2.05, 4.69) is 53.4 Å². The fourth-order valence-corrected chi connectivity index (χ4v) is 13.0.